The standard InChI is InChI=1S/C13H19N3OS/c1-10-5-2-3-6-11(10)16-12(17)9-18-13-14-7-4-8-15-13/h4,7-8,10-11H,2-3,5-6,9H2,1H3,(H,16,17). The molecule has 2 rings (SSSR count). The average molecular weight is 265 g/mol. The zero-order valence-electron chi connectivity index (χ0n) is 10.6. The molecule has 1 aromatic heterocycles. The van der Waals surface area contributed by atoms with Crippen molar-refractivity contribution in [3.05, 3.63) is 18.5 Å². The van der Waals surface area contributed by atoms with Gasteiger partial charge in [-0.05, 0) is 24.8 Å². The minimum atomic E-state index is 0.0891. The molecular weight excluding hydrogens is 246 g/mol. The fraction of sp³-hybridized carbons (Fsp3) is 0.615. The highest BCUT2D eigenvalue weighted by molar-refractivity contribution is 7.99. The maximum Gasteiger partial charge on any atom is 0.230 e. The van der Waals surface area contributed by atoms with Crippen molar-refractivity contribution < 1.29 is 4.79 Å². The van der Waals surface area contributed by atoms with Crippen LogP contribution in [0, 0.1) is 5.92 Å². The van der Waals surface area contributed by atoms with Crippen LogP contribution in [0.25, 0.3) is 0 Å². The Morgan fingerprint density at radius 2 is 2.11 bits per heavy atom. The molecule has 1 N–H and O–H groups in total. The minimum absolute atomic E-state index is 0.0891. The number of thioether (sulfide) groups is 1. The second-order valence-electron chi connectivity index (χ2n) is 4.76. The van der Waals surface area contributed by atoms with Crippen LogP contribution in [-0.2, 0) is 4.79 Å². The van der Waals surface area contributed by atoms with E-state index in [1.807, 2.05) is 0 Å². The second kappa shape index (κ2) is 6.73. The first kappa shape index (κ1) is 13.3. The molecule has 1 fully saturated rings. The molecule has 0 saturated heterocycles. The third-order valence-electron chi connectivity index (χ3n) is 3.33. The third kappa shape index (κ3) is 3.98. The van der Waals surface area contributed by atoms with Gasteiger partial charge in [0.05, 0.1) is 5.75 Å². The quantitative estimate of drug-likeness (QED) is 0.670. The van der Waals surface area contributed by atoms with Crippen molar-refractivity contribution in [3.8, 4) is 0 Å². The van der Waals surface area contributed by atoms with Crippen LogP contribution in [0.1, 0.15) is 32.6 Å². The molecule has 1 heterocycles. The van der Waals surface area contributed by atoms with Gasteiger partial charge in [-0.25, -0.2) is 9.97 Å². The maximum atomic E-state index is 11.8. The van der Waals surface area contributed by atoms with Crippen molar-refractivity contribution in [1.82, 2.24) is 15.3 Å². The topological polar surface area (TPSA) is 54.9 Å². The number of hydrogen-bond acceptors (Lipinski definition) is 4. The van der Waals surface area contributed by atoms with Crippen molar-refractivity contribution in [2.45, 2.75) is 43.8 Å². The van der Waals surface area contributed by atoms with Crippen molar-refractivity contribution in [1.29, 1.82) is 0 Å². The van der Waals surface area contributed by atoms with E-state index in [0.717, 1.165) is 6.42 Å². The number of nitrogens with one attached hydrogen (secondary N) is 1. The molecule has 5 heteroatoms. The van der Waals surface area contributed by atoms with Gasteiger partial charge in [0.2, 0.25) is 5.91 Å². The summed E-state index contributed by atoms with van der Waals surface area (Å²) in [7, 11) is 0. The van der Waals surface area contributed by atoms with Crippen LogP contribution in [0.15, 0.2) is 23.6 Å². The van der Waals surface area contributed by atoms with Crippen molar-refractivity contribution >= 4 is 17.7 Å². The summed E-state index contributed by atoms with van der Waals surface area (Å²) >= 11 is 1.38. The van der Waals surface area contributed by atoms with Gasteiger partial charge in [-0.15, -0.1) is 0 Å². The van der Waals surface area contributed by atoms with E-state index in [0.29, 0.717) is 22.9 Å². The Morgan fingerprint density at radius 1 is 1.39 bits per heavy atom. The fourth-order valence-electron chi connectivity index (χ4n) is 2.27. The van der Waals surface area contributed by atoms with Crippen LogP contribution in [0.2, 0.25) is 0 Å². The lowest BCUT2D eigenvalue weighted by Crippen LogP contribution is -2.41. The summed E-state index contributed by atoms with van der Waals surface area (Å²) in [6.45, 7) is 2.22. The molecule has 98 valence electrons. The van der Waals surface area contributed by atoms with Crippen LogP contribution in [-0.4, -0.2) is 27.7 Å². The lowest BCUT2D eigenvalue weighted by molar-refractivity contribution is -0.119. The number of nitrogens with zero attached hydrogens (tertiary/aromatic N) is 2. The monoisotopic (exact) mass is 265 g/mol. The summed E-state index contributed by atoms with van der Waals surface area (Å²) in [5, 5.41) is 3.78. The summed E-state index contributed by atoms with van der Waals surface area (Å²) < 4.78 is 0. The Kier molecular flexibility index (Phi) is 4.99. The number of carbonyl (C=O) groups excluding carboxylic acids is 1. The van der Waals surface area contributed by atoms with Gasteiger partial charge >= 0.3 is 0 Å². The van der Waals surface area contributed by atoms with E-state index in [1.54, 1.807) is 18.5 Å². The second-order valence-corrected chi connectivity index (χ2v) is 5.70. The summed E-state index contributed by atoms with van der Waals surface area (Å²) in [4.78, 5) is 20.0. The van der Waals surface area contributed by atoms with Gasteiger partial charge < -0.3 is 5.32 Å². The van der Waals surface area contributed by atoms with Crippen molar-refractivity contribution in [3.63, 3.8) is 0 Å². The number of hydrogen-bond donors (Lipinski definition) is 1. The van der Waals surface area contributed by atoms with Gasteiger partial charge in [0.1, 0.15) is 0 Å². The summed E-state index contributed by atoms with van der Waals surface area (Å²) in [5.74, 6) is 1.08. The molecule has 1 aliphatic rings. The number of amides is 1. The molecule has 2 atom stereocenters. The SMILES string of the molecule is CC1CCCCC1NC(=O)CSc1ncccn1. The molecule has 1 aromatic rings. The van der Waals surface area contributed by atoms with Crippen LogP contribution >= 0.6 is 11.8 Å². The molecule has 0 bridgehead atoms. The zero-order valence-corrected chi connectivity index (χ0v) is 11.4. The minimum Gasteiger partial charge on any atom is -0.352 e. The Bertz CT molecular complexity index is 385. The predicted molar refractivity (Wildman–Crippen MR) is 72.3 cm³/mol. The van der Waals surface area contributed by atoms with Crippen LogP contribution in [0.3, 0.4) is 0 Å². The van der Waals surface area contributed by atoms with Gasteiger partial charge in [-0.3, -0.25) is 4.79 Å². The normalized spacial score (nSPS) is 23.6. The molecular formula is C13H19N3OS. The largest absolute Gasteiger partial charge is 0.352 e. The van der Waals surface area contributed by atoms with Gasteiger partial charge in [0.25, 0.3) is 0 Å². The van der Waals surface area contributed by atoms with E-state index in [9.17, 15) is 4.79 Å². The first-order valence-electron chi connectivity index (χ1n) is 6.45. The molecule has 1 saturated carbocycles. The van der Waals surface area contributed by atoms with E-state index >= 15 is 0 Å². The van der Waals surface area contributed by atoms with E-state index in [1.165, 1.54) is 31.0 Å². The van der Waals surface area contributed by atoms with Crippen molar-refractivity contribution in [2.24, 2.45) is 5.92 Å². The predicted octanol–water partition coefficient (Wildman–Crippen LogP) is 2.26. The Hall–Kier alpha value is -1.10. The molecule has 2 unspecified atom stereocenters. The summed E-state index contributed by atoms with van der Waals surface area (Å²) in [6.07, 6.45) is 8.23. The highest BCUT2D eigenvalue weighted by Gasteiger charge is 2.22. The summed E-state index contributed by atoms with van der Waals surface area (Å²) in [5.41, 5.74) is 0. The summed E-state index contributed by atoms with van der Waals surface area (Å²) in [6, 6.07) is 2.12. The van der Waals surface area contributed by atoms with E-state index in [2.05, 4.69) is 22.2 Å². The van der Waals surface area contributed by atoms with Gasteiger partial charge in [-0.2, -0.15) is 0 Å². The molecule has 4 nitrogen and oxygen atoms in total. The van der Waals surface area contributed by atoms with Crippen molar-refractivity contribution in [2.75, 3.05) is 5.75 Å². The first-order chi connectivity index (χ1) is 8.75. The van der Waals surface area contributed by atoms with E-state index in [4.69, 9.17) is 0 Å². The molecule has 1 aliphatic carbocycles. The van der Waals surface area contributed by atoms with Gasteiger partial charge in [0, 0.05) is 18.4 Å². The van der Waals surface area contributed by atoms with E-state index in [-0.39, 0.29) is 5.91 Å². The molecule has 18 heavy (non-hydrogen) atoms. The Balaban J connectivity index is 1.75. The fourth-order valence-corrected chi connectivity index (χ4v) is 2.88. The number of rotatable bonds is 4. The Labute approximate surface area is 112 Å². The van der Waals surface area contributed by atoms with Gasteiger partial charge in [-0.1, -0.05) is 31.5 Å². The average Bonchev–Trinajstić information content (AvgIpc) is 2.40. The molecule has 0 spiro atoms. The lowest BCUT2D eigenvalue weighted by atomic mass is 9.86. The number of carbonyl (C=O) groups is 1. The highest BCUT2D eigenvalue weighted by Crippen LogP contribution is 2.23. The molecule has 0 aliphatic heterocycles. The first-order valence-corrected chi connectivity index (χ1v) is 7.43. The Morgan fingerprint density at radius 3 is 2.83 bits per heavy atom. The van der Waals surface area contributed by atoms with Gasteiger partial charge in [0.15, 0.2) is 5.16 Å². The van der Waals surface area contributed by atoms with Crippen LogP contribution in [0.5, 0.6) is 0 Å². The van der Waals surface area contributed by atoms with Crippen LogP contribution < -0.4 is 5.32 Å². The third-order valence-corrected chi connectivity index (χ3v) is 4.21. The lowest BCUT2D eigenvalue weighted by Gasteiger charge is -2.29. The van der Waals surface area contributed by atoms with E-state index < -0.39 is 0 Å². The molecule has 1 amide bonds. The highest BCUT2D eigenvalue weighted by atomic mass is 32.2. The molecule has 0 aromatic carbocycles. The number of aromatic nitrogens is 2. The smallest absolute Gasteiger partial charge is 0.230 e. The van der Waals surface area contributed by atoms with Crippen LogP contribution in [0.4, 0.5) is 0 Å². The molecule has 0 radical (unpaired) electrons. The zero-order chi connectivity index (χ0) is 12.8. The maximum absolute atomic E-state index is 11.8.